The fraction of sp³-hybridized carbons (Fsp3) is 0.846. The Morgan fingerprint density at radius 3 is 2.92 bits per heavy atom. The fourth-order valence-corrected chi connectivity index (χ4v) is 5.43. The first-order valence-electron chi connectivity index (χ1n) is 5.97. The molecule has 0 saturated heterocycles. The van der Waals surface area contributed by atoms with E-state index < -0.39 is 0 Å². The van der Waals surface area contributed by atoms with Crippen molar-refractivity contribution in [3.8, 4) is 0 Å². The standard InChI is InChI=1S/C13H18/c1-13-5-4-10(7-13)11-8-2-3-9(6-8)12(11)13/h4-5,8-12H,2-3,6-7H2,1H3. The molecule has 4 aliphatic rings. The number of fused-ring (bicyclic) bond motifs is 9. The molecule has 3 saturated carbocycles. The number of hydrogen-bond acceptors (Lipinski definition) is 0. The fourth-order valence-electron chi connectivity index (χ4n) is 5.43. The van der Waals surface area contributed by atoms with E-state index in [1.54, 1.807) is 19.3 Å². The molecule has 3 fully saturated rings. The highest BCUT2D eigenvalue weighted by Crippen LogP contribution is 2.69. The Bertz CT molecular complexity index is 290. The first kappa shape index (κ1) is 7.09. The summed E-state index contributed by atoms with van der Waals surface area (Å²) in [6, 6.07) is 0. The normalized spacial score (nSPS) is 66.4. The van der Waals surface area contributed by atoms with Crippen molar-refractivity contribution in [1.82, 2.24) is 0 Å². The van der Waals surface area contributed by atoms with E-state index in [0.717, 1.165) is 29.6 Å². The summed E-state index contributed by atoms with van der Waals surface area (Å²) in [5, 5.41) is 0. The highest BCUT2D eigenvalue weighted by molar-refractivity contribution is 5.24. The van der Waals surface area contributed by atoms with Crippen LogP contribution in [0, 0.1) is 35.0 Å². The third-order valence-corrected chi connectivity index (χ3v) is 5.64. The van der Waals surface area contributed by atoms with Gasteiger partial charge in [-0.1, -0.05) is 19.1 Å². The summed E-state index contributed by atoms with van der Waals surface area (Å²) >= 11 is 0. The van der Waals surface area contributed by atoms with Gasteiger partial charge in [0.15, 0.2) is 0 Å². The summed E-state index contributed by atoms with van der Waals surface area (Å²) in [5.41, 5.74) is 0.634. The highest BCUT2D eigenvalue weighted by Gasteiger charge is 2.62. The van der Waals surface area contributed by atoms with E-state index >= 15 is 0 Å². The maximum atomic E-state index is 2.56. The lowest BCUT2D eigenvalue weighted by molar-refractivity contribution is 0.158. The molecule has 6 atom stereocenters. The van der Waals surface area contributed by atoms with Crippen molar-refractivity contribution in [2.45, 2.75) is 32.6 Å². The van der Waals surface area contributed by atoms with Gasteiger partial charge in [0.1, 0.15) is 0 Å². The SMILES string of the molecule is CC12C=CC(C1)C1C3CCC(C3)C12. The second-order valence-electron chi connectivity index (χ2n) is 6.17. The van der Waals surface area contributed by atoms with Gasteiger partial charge >= 0.3 is 0 Å². The van der Waals surface area contributed by atoms with Crippen molar-refractivity contribution in [2.75, 3.05) is 0 Å². The predicted molar refractivity (Wildman–Crippen MR) is 53.2 cm³/mol. The molecule has 0 amide bonds. The molecular weight excluding hydrogens is 156 g/mol. The lowest BCUT2D eigenvalue weighted by Crippen LogP contribution is -2.30. The van der Waals surface area contributed by atoms with Gasteiger partial charge in [-0.2, -0.15) is 0 Å². The number of rotatable bonds is 0. The maximum absolute atomic E-state index is 2.56. The van der Waals surface area contributed by atoms with E-state index in [-0.39, 0.29) is 0 Å². The van der Waals surface area contributed by atoms with Crippen LogP contribution in [0.4, 0.5) is 0 Å². The highest BCUT2D eigenvalue weighted by atomic mass is 14.7. The first-order valence-corrected chi connectivity index (χ1v) is 5.97. The molecule has 0 spiro atoms. The number of hydrogen-bond donors (Lipinski definition) is 0. The molecule has 0 aliphatic heterocycles. The molecule has 4 aliphatic carbocycles. The summed E-state index contributed by atoms with van der Waals surface area (Å²) < 4.78 is 0. The van der Waals surface area contributed by atoms with Crippen molar-refractivity contribution < 1.29 is 0 Å². The van der Waals surface area contributed by atoms with Gasteiger partial charge in [0.2, 0.25) is 0 Å². The van der Waals surface area contributed by atoms with E-state index in [1.165, 1.54) is 6.42 Å². The van der Waals surface area contributed by atoms with Crippen LogP contribution in [0.1, 0.15) is 32.6 Å². The van der Waals surface area contributed by atoms with Crippen LogP contribution in [0.5, 0.6) is 0 Å². The molecule has 6 unspecified atom stereocenters. The van der Waals surface area contributed by atoms with Gasteiger partial charge in [0.25, 0.3) is 0 Å². The molecule has 0 aromatic rings. The van der Waals surface area contributed by atoms with Crippen molar-refractivity contribution in [2.24, 2.45) is 35.0 Å². The molecule has 0 nitrogen and oxygen atoms in total. The maximum Gasteiger partial charge on any atom is -0.0107 e. The van der Waals surface area contributed by atoms with Crippen LogP contribution in [0.25, 0.3) is 0 Å². The zero-order chi connectivity index (χ0) is 8.63. The summed E-state index contributed by atoms with van der Waals surface area (Å²) in [7, 11) is 0. The van der Waals surface area contributed by atoms with Gasteiger partial charge in [-0.15, -0.1) is 0 Å². The second-order valence-corrected chi connectivity index (χ2v) is 6.17. The zero-order valence-electron chi connectivity index (χ0n) is 8.37. The largest absolute Gasteiger partial charge is 0.0845 e. The molecule has 0 N–H and O–H groups in total. The lowest BCUT2D eigenvalue weighted by Gasteiger charge is -2.37. The van der Waals surface area contributed by atoms with Crippen molar-refractivity contribution >= 4 is 0 Å². The lowest BCUT2D eigenvalue weighted by atomic mass is 9.68. The molecule has 0 heteroatoms. The van der Waals surface area contributed by atoms with Crippen LogP contribution >= 0.6 is 0 Å². The average molecular weight is 174 g/mol. The van der Waals surface area contributed by atoms with Gasteiger partial charge in [0.05, 0.1) is 0 Å². The van der Waals surface area contributed by atoms with E-state index in [1.807, 2.05) is 0 Å². The van der Waals surface area contributed by atoms with Gasteiger partial charge in [-0.3, -0.25) is 0 Å². The van der Waals surface area contributed by atoms with Gasteiger partial charge in [-0.05, 0) is 60.7 Å². The van der Waals surface area contributed by atoms with Crippen molar-refractivity contribution in [3.05, 3.63) is 12.2 Å². The van der Waals surface area contributed by atoms with Crippen LogP contribution in [0.3, 0.4) is 0 Å². The predicted octanol–water partition coefficient (Wildman–Crippen LogP) is 3.24. The third kappa shape index (κ3) is 0.639. The molecule has 0 heterocycles. The number of allylic oxidation sites excluding steroid dienone is 2. The van der Waals surface area contributed by atoms with Crippen LogP contribution in [0.2, 0.25) is 0 Å². The molecule has 13 heavy (non-hydrogen) atoms. The smallest absolute Gasteiger partial charge is 0.0107 e. The van der Waals surface area contributed by atoms with Gasteiger partial charge < -0.3 is 0 Å². The summed E-state index contributed by atoms with van der Waals surface area (Å²) in [5.74, 6) is 5.46. The van der Waals surface area contributed by atoms with E-state index in [0.29, 0.717) is 5.41 Å². The molecule has 0 aromatic carbocycles. The van der Waals surface area contributed by atoms with Crippen molar-refractivity contribution in [3.63, 3.8) is 0 Å². The molecule has 0 radical (unpaired) electrons. The van der Waals surface area contributed by atoms with Gasteiger partial charge in [0, 0.05) is 0 Å². The first-order chi connectivity index (χ1) is 6.28. The Morgan fingerprint density at radius 1 is 1.23 bits per heavy atom. The van der Waals surface area contributed by atoms with Crippen molar-refractivity contribution in [1.29, 1.82) is 0 Å². The Labute approximate surface area is 80.4 Å². The quantitative estimate of drug-likeness (QED) is 0.390. The van der Waals surface area contributed by atoms with Crippen LogP contribution in [-0.2, 0) is 0 Å². The summed E-state index contributed by atoms with van der Waals surface area (Å²) in [4.78, 5) is 0. The minimum Gasteiger partial charge on any atom is -0.0845 e. The Hall–Kier alpha value is -0.260. The average Bonchev–Trinajstić information content (AvgIpc) is 2.76. The second kappa shape index (κ2) is 1.89. The van der Waals surface area contributed by atoms with Crippen LogP contribution < -0.4 is 0 Å². The molecule has 4 bridgehead atoms. The van der Waals surface area contributed by atoms with Crippen LogP contribution in [0.15, 0.2) is 12.2 Å². The Morgan fingerprint density at radius 2 is 2.08 bits per heavy atom. The molecule has 0 aromatic heterocycles. The molecule has 4 rings (SSSR count). The van der Waals surface area contributed by atoms with Crippen LogP contribution in [-0.4, -0.2) is 0 Å². The third-order valence-electron chi connectivity index (χ3n) is 5.64. The topological polar surface area (TPSA) is 0 Å². The molecule has 70 valence electrons. The summed E-state index contributed by atoms with van der Waals surface area (Å²) in [6.07, 6.45) is 11.3. The summed E-state index contributed by atoms with van der Waals surface area (Å²) in [6.45, 7) is 2.52. The minimum absolute atomic E-state index is 0.634. The monoisotopic (exact) mass is 174 g/mol. The van der Waals surface area contributed by atoms with Gasteiger partial charge in [-0.25, -0.2) is 0 Å². The molecular formula is C13H18. The minimum atomic E-state index is 0.634. The Balaban J connectivity index is 1.85. The van der Waals surface area contributed by atoms with E-state index in [2.05, 4.69) is 19.1 Å². The van der Waals surface area contributed by atoms with E-state index in [9.17, 15) is 0 Å². The zero-order valence-corrected chi connectivity index (χ0v) is 8.37. The van der Waals surface area contributed by atoms with E-state index in [4.69, 9.17) is 0 Å². The Kier molecular flexibility index (Phi) is 1.03.